The Morgan fingerprint density at radius 2 is 1.87 bits per heavy atom. The molecule has 0 amide bonds. The molecular formula is C10H8BrF3O. The molecule has 5 heteroatoms. The lowest BCUT2D eigenvalue weighted by molar-refractivity contribution is -0.138. The smallest absolute Gasteiger partial charge is 0.295 e. The summed E-state index contributed by atoms with van der Waals surface area (Å²) in [5, 5.41) is 0. The van der Waals surface area contributed by atoms with E-state index in [2.05, 4.69) is 15.9 Å². The standard InChI is InChI=1S/C10H8BrF3O/c1-5-7(6(2)15)3-4-8(9(5)11)10(12,13)14/h3-4H,1-2H3. The number of ketones is 1. The van der Waals surface area contributed by atoms with Crippen LogP contribution in [0.4, 0.5) is 13.2 Å². The van der Waals surface area contributed by atoms with Crippen LogP contribution in [0.2, 0.25) is 0 Å². The van der Waals surface area contributed by atoms with E-state index >= 15 is 0 Å². The number of benzene rings is 1. The molecule has 1 aromatic rings. The summed E-state index contributed by atoms with van der Waals surface area (Å²) in [5.74, 6) is -0.248. The number of carbonyl (C=O) groups excluding carboxylic acids is 1. The highest BCUT2D eigenvalue weighted by molar-refractivity contribution is 9.10. The van der Waals surface area contributed by atoms with Gasteiger partial charge >= 0.3 is 6.18 Å². The van der Waals surface area contributed by atoms with Crippen molar-refractivity contribution < 1.29 is 18.0 Å². The third kappa shape index (κ3) is 2.40. The zero-order valence-corrected chi connectivity index (χ0v) is 9.66. The van der Waals surface area contributed by atoms with Gasteiger partial charge in [-0.15, -0.1) is 0 Å². The van der Waals surface area contributed by atoms with E-state index in [1.807, 2.05) is 0 Å². The Kier molecular flexibility index (Phi) is 3.23. The Labute approximate surface area is 93.4 Å². The summed E-state index contributed by atoms with van der Waals surface area (Å²) in [6.45, 7) is 2.80. The fourth-order valence-corrected chi connectivity index (χ4v) is 1.86. The van der Waals surface area contributed by atoms with E-state index in [0.717, 1.165) is 6.07 Å². The van der Waals surface area contributed by atoms with Crippen molar-refractivity contribution in [2.75, 3.05) is 0 Å². The molecule has 1 rings (SSSR count). The van der Waals surface area contributed by atoms with Gasteiger partial charge in [-0.1, -0.05) is 6.07 Å². The molecule has 0 bridgehead atoms. The van der Waals surface area contributed by atoms with Gasteiger partial charge in [0.1, 0.15) is 0 Å². The molecule has 1 aromatic carbocycles. The van der Waals surface area contributed by atoms with Crippen LogP contribution in [0.1, 0.15) is 28.4 Å². The Morgan fingerprint density at radius 1 is 1.33 bits per heavy atom. The van der Waals surface area contributed by atoms with Gasteiger partial charge in [-0.05, 0) is 41.4 Å². The van der Waals surface area contributed by atoms with Crippen molar-refractivity contribution in [2.45, 2.75) is 20.0 Å². The van der Waals surface area contributed by atoms with Crippen LogP contribution in [0.3, 0.4) is 0 Å². The van der Waals surface area contributed by atoms with Crippen LogP contribution < -0.4 is 0 Å². The molecule has 0 saturated heterocycles. The minimum Gasteiger partial charge on any atom is -0.295 e. The Balaban J connectivity index is 3.41. The van der Waals surface area contributed by atoms with Gasteiger partial charge in [-0.2, -0.15) is 13.2 Å². The molecule has 0 atom stereocenters. The molecule has 0 aromatic heterocycles. The lowest BCUT2D eigenvalue weighted by atomic mass is 10.0. The quantitative estimate of drug-likeness (QED) is 0.711. The number of rotatable bonds is 1. The molecular weight excluding hydrogens is 273 g/mol. The zero-order valence-electron chi connectivity index (χ0n) is 8.07. The third-order valence-corrected chi connectivity index (χ3v) is 3.09. The maximum Gasteiger partial charge on any atom is 0.417 e. The summed E-state index contributed by atoms with van der Waals surface area (Å²) in [5.41, 5.74) is -0.141. The van der Waals surface area contributed by atoms with Crippen LogP contribution in [0.5, 0.6) is 0 Å². The lowest BCUT2D eigenvalue weighted by Gasteiger charge is -2.12. The third-order valence-electron chi connectivity index (χ3n) is 2.07. The monoisotopic (exact) mass is 280 g/mol. The Hall–Kier alpha value is -0.840. The van der Waals surface area contributed by atoms with Gasteiger partial charge in [0, 0.05) is 10.0 Å². The normalized spacial score (nSPS) is 11.6. The highest BCUT2D eigenvalue weighted by Gasteiger charge is 2.33. The first-order valence-electron chi connectivity index (χ1n) is 4.12. The second kappa shape index (κ2) is 3.96. The van der Waals surface area contributed by atoms with Crippen LogP contribution in [-0.2, 0) is 6.18 Å². The molecule has 0 saturated carbocycles. The SMILES string of the molecule is CC(=O)c1ccc(C(F)(F)F)c(Br)c1C. The molecule has 0 N–H and O–H groups in total. The number of carbonyl (C=O) groups is 1. The van der Waals surface area contributed by atoms with Crippen LogP contribution in [0.15, 0.2) is 16.6 Å². The van der Waals surface area contributed by atoms with Gasteiger partial charge in [0.15, 0.2) is 5.78 Å². The molecule has 0 aliphatic carbocycles. The largest absolute Gasteiger partial charge is 0.417 e. The predicted molar refractivity (Wildman–Crippen MR) is 53.9 cm³/mol. The minimum absolute atomic E-state index is 0.0669. The number of Topliss-reactive ketones (excluding diaryl/α,β-unsaturated/α-hetero) is 1. The lowest BCUT2D eigenvalue weighted by Crippen LogP contribution is -2.09. The van der Waals surface area contributed by atoms with Gasteiger partial charge in [-0.3, -0.25) is 4.79 Å². The average molecular weight is 281 g/mol. The number of alkyl halides is 3. The molecule has 0 radical (unpaired) electrons. The van der Waals surface area contributed by atoms with Gasteiger partial charge < -0.3 is 0 Å². The molecule has 1 nitrogen and oxygen atoms in total. The van der Waals surface area contributed by atoms with Crippen LogP contribution in [-0.4, -0.2) is 5.78 Å². The molecule has 0 aliphatic rings. The van der Waals surface area contributed by atoms with Crippen molar-refractivity contribution in [3.63, 3.8) is 0 Å². The topological polar surface area (TPSA) is 17.1 Å². The highest BCUT2D eigenvalue weighted by atomic mass is 79.9. The maximum absolute atomic E-state index is 12.4. The van der Waals surface area contributed by atoms with E-state index in [4.69, 9.17) is 0 Å². The second-order valence-corrected chi connectivity index (χ2v) is 3.95. The average Bonchev–Trinajstić information content (AvgIpc) is 2.06. The minimum atomic E-state index is -4.40. The Bertz CT molecular complexity index is 410. The van der Waals surface area contributed by atoms with Crippen molar-refractivity contribution in [1.82, 2.24) is 0 Å². The van der Waals surface area contributed by atoms with Gasteiger partial charge in [0.2, 0.25) is 0 Å². The molecule has 0 heterocycles. The summed E-state index contributed by atoms with van der Waals surface area (Å²) < 4.78 is 37.3. The van der Waals surface area contributed by atoms with E-state index < -0.39 is 11.7 Å². The summed E-state index contributed by atoms with van der Waals surface area (Å²) in [6.07, 6.45) is -4.40. The highest BCUT2D eigenvalue weighted by Crippen LogP contribution is 2.37. The number of halogens is 4. The van der Waals surface area contributed by atoms with Crippen molar-refractivity contribution in [3.05, 3.63) is 33.3 Å². The number of hydrogen-bond donors (Lipinski definition) is 0. The molecule has 0 spiro atoms. The molecule has 0 fully saturated rings. The summed E-state index contributed by atoms with van der Waals surface area (Å²) in [4.78, 5) is 11.1. The van der Waals surface area contributed by atoms with E-state index in [9.17, 15) is 18.0 Å². The van der Waals surface area contributed by atoms with Gasteiger partial charge in [0.25, 0.3) is 0 Å². The first-order chi connectivity index (χ1) is 6.75. The Morgan fingerprint density at radius 3 is 2.27 bits per heavy atom. The van der Waals surface area contributed by atoms with E-state index in [0.29, 0.717) is 11.1 Å². The van der Waals surface area contributed by atoms with Crippen LogP contribution >= 0.6 is 15.9 Å². The predicted octanol–water partition coefficient (Wildman–Crippen LogP) is 3.98. The van der Waals surface area contributed by atoms with E-state index in [-0.39, 0.29) is 10.3 Å². The molecule has 0 aliphatic heterocycles. The summed E-state index contributed by atoms with van der Waals surface area (Å²) in [6, 6.07) is 2.11. The molecule has 15 heavy (non-hydrogen) atoms. The van der Waals surface area contributed by atoms with Crippen molar-refractivity contribution >= 4 is 21.7 Å². The van der Waals surface area contributed by atoms with Crippen LogP contribution in [0, 0.1) is 6.92 Å². The molecule has 0 unspecified atom stereocenters. The second-order valence-electron chi connectivity index (χ2n) is 3.15. The summed E-state index contributed by atoms with van der Waals surface area (Å²) in [7, 11) is 0. The van der Waals surface area contributed by atoms with Gasteiger partial charge in [0.05, 0.1) is 5.56 Å². The first-order valence-corrected chi connectivity index (χ1v) is 4.91. The fraction of sp³-hybridized carbons (Fsp3) is 0.300. The van der Waals surface area contributed by atoms with E-state index in [1.165, 1.54) is 19.9 Å². The fourth-order valence-electron chi connectivity index (χ4n) is 1.29. The number of hydrogen-bond acceptors (Lipinski definition) is 1. The van der Waals surface area contributed by atoms with E-state index in [1.54, 1.807) is 0 Å². The molecule has 82 valence electrons. The van der Waals surface area contributed by atoms with Crippen molar-refractivity contribution in [3.8, 4) is 0 Å². The van der Waals surface area contributed by atoms with Crippen LogP contribution in [0.25, 0.3) is 0 Å². The maximum atomic E-state index is 12.4. The van der Waals surface area contributed by atoms with Crippen molar-refractivity contribution in [1.29, 1.82) is 0 Å². The zero-order chi connectivity index (χ0) is 11.8. The first kappa shape index (κ1) is 12.2. The van der Waals surface area contributed by atoms with Crippen molar-refractivity contribution in [2.24, 2.45) is 0 Å². The van der Waals surface area contributed by atoms with Gasteiger partial charge in [-0.25, -0.2) is 0 Å². The summed E-state index contributed by atoms with van der Waals surface area (Å²) >= 11 is 2.86.